The summed E-state index contributed by atoms with van der Waals surface area (Å²) < 4.78 is 0. The molecule has 0 N–H and O–H groups in total. The predicted molar refractivity (Wildman–Crippen MR) is 44.3 cm³/mol. The van der Waals surface area contributed by atoms with Gasteiger partial charge in [0.2, 0.25) is 0 Å². The van der Waals surface area contributed by atoms with Gasteiger partial charge < -0.3 is 0 Å². The summed E-state index contributed by atoms with van der Waals surface area (Å²) in [7, 11) is 0. The molecule has 1 aliphatic carbocycles. The number of hydrogen-bond acceptors (Lipinski definition) is 0. The lowest BCUT2D eigenvalue weighted by molar-refractivity contribution is 0.621. The molecule has 0 aromatic heterocycles. The molecule has 0 aromatic rings. The molecule has 0 bridgehead atoms. The maximum atomic E-state index is 2.44. The van der Waals surface area contributed by atoms with Crippen LogP contribution in [0.5, 0.6) is 0 Å². The summed E-state index contributed by atoms with van der Waals surface area (Å²) in [5.74, 6) is 0. The van der Waals surface area contributed by atoms with Gasteiger partial charge in [-0.15, -0.1) is 0 Å². The highest BCUT2D eigenvalue weighted by atomic mass is 14.3. The predicted octanol–water partition coefficient (Wildman–Crippen LogP) is 3.08. The van der Waals surface area contributed by atoms with Crippen LogP contribution >= 0.6 is 0 Å². The first-order chi connectivity index (χ1) is 4.15. The zero-order chi connectivity index (χ0) is 6.91. The fourth-order valence-corrected chi connectivity index (χ4v) is 1.76. The second kappa shape index (κ2) is 2.36. The molecule has 0 spiro atoms. The largest absolute Gasteiger partial charge is 0.139 e. The molecule has 1 aliphatic rings. The summed E-state index contributed by atoms with van der Waals surface area (Å²) in [6, 6.07) is 0. The van der Waals surface area contributed by atoms with Gasteiger partial charge in [-0.25, -0.2) is 0 Å². The van der Waals surface area contributed by atoms with Crippen LogP contribution < -0.4 is 0 Å². The van der Waals surface area contributed by atoms with E-state index in [2.05, 4.69) is 20.6 Å². The van der Waals surface area contributed by atoms with Crippen molar-refractivity contribution in [2.24, 2.45) is 0 Å². The molecule has 0 heterocycles. The number of hydrogen-bond donors (Lipinski definition) is 0. The van der Waals surface area contributed by atoms with Crippen molar-refractivity contribution >= 4 is 6.71 Å². The third-order valence-electron chi connectivity index (χ3n) is 3.14. The maximum Gasteiger partial charge on any atom is 0.139 e. The van der Waals surface area contributed by atoms with Gasteiger partial charge in [-0.05, 0) is 0 Å². The number of rotatable bonds is 1. The van der Waals surface area contributed by atoms with Crippen LogP contribution in [0.1, 0.15) is 32.6 Å². The summed E-state index contributed by atoms with van der Waals surface area (Å²) in [6.45, 7) is 8.03. The molecule has 0 unspecified atom stereocenters. The van der Waals surface area contributed by atoms with Crippen LogP contribution in [0, 0.1) is 0 Å². The van der Waals surface area contributed by atoms with Gasteiger partial charge in [0.25, 0.3) is 0 Å². The van der Waals surface area contributed by atoms with E-state index < -0.39 is 0 Å². The summed E-state index contributed by atoms with van der Waals surface area (Å²) >= 11 is 0. The average Bonchev–Trinajstić information content (AvgIpc) is 2.16. The zero-order valence-corrected chi connectivity index (χ0v) is 6.91. The van der Waals surface area contributed by atoms with E-state index in [9.17, 15) is 0 Å². The van der Waals surface area contributed by atoms with Gasteiger partial charge in [0, 0.05) is 0 Å². The summed E-state index contributed by atoms with van der Waals surface area (Å²) in [5.41, 5.74) is 0. The Morgan fingerprint density at radius 3 is 1.78 bits per heavy atom. The van der Waals surface area contributed by atoms with E-state index in [0.717, 1.165) is 6.71 Å². The van der Waals surface area contributed by atoms with Gasteiger partial charge in [-0.1, -0.05) is 51.6 Å². The molecular weight excluding hydrogens is 107 g/mol. The second-order valence-electron chi connectivity index (χ2n) is 4.02. The van der Waals surface area contributed by atoms with Crippen molar-refractivity contribution < 1.29 is 0 Å². The van der Waals surface area contributed by atoms with Gasteiger partial charge >= 0.3 is 0 Å². The monoisotopic (exact) mass is 124 g/mol. The van der Waals surface area contributed by atoms with Crippen molar-refractivity contribution in [3.8, 4) is 0 Å². The Hall–Kier alpha value is 0.0649. The smallest absolute Gasteiger partial charge is 0.0859 e. The molecule has 1 rings (SSSR count). The quantitative estimate of drug-likeness (QED) is 0.471. The molecule has 0 amide bonds. The summed E-state index contributed by atoms with van der Waals surface area (Å²) in [5, 5.41) is 0.694. The summed E-state index contributed by atoms with van der Waals surface area (Å²) in [6.07, 6.45) is 5.86. The van der Waals surface area contributed by atoms with Crippen LogP contribution in [0.2, 0.25) is 19.0 Å². The Morgan fingerprint density at radius 1 is 1.11 bits per heavy atom. The fraction of sp³-hybridized carbons (Fsp3) is 1.00. The summed E-state index contributed by atoms with van der Waals surface area (Å²) in [4.78, 5) is 0. The minimum atomic E-state index is 0.694. The highest BCUT2D eigenvalue weighted by Gasteiger charge is 2.32. The van der Waals surface area contributed by atoms with Crippen molar-refractivity contribution in [2.75, 3.05) is 0 Å². The van der Waals surface area contributed by atoms with Crippen LogP contribution in [-0.2, 0) is 0 Å². The maximum absolute atomic E-state index is 2.44. The molecule has 0 radical (unpaired) electrons. The standard InChI is InChI=1S/C8H17B/c1-8(9(2)3)6-4-5-7-8/h4-7H2,1-3H3. The average molecular weight is 124 g/mol. The third-order valence-corrected chi connectivity index (χ3v) is 3.14. The molecule has 0 aromatic carbocycles. The van der Waals surface area contributed by atoms with Crippen molar-refractivity contribution in [1.82, 2.24) is 0 Å². The molecule has 52 valence electrons. The molecule has 1 fully saturated rings. The lowest BCUT2D eigenvalue weighted by atomic mass is 9.36. The van der Waals surface area contributed by atoms with Crippen molar-refractivity contribution in [1.29, 1.82) is 0 Å². The van der Waals surface area contributed by atoms with Gasteiger partial charge in [-0.3, -0.25) is 0 Å². The SMILES string of the molecule is CB(C)C1(C)CCCC1. The normalized spacial score (nSPS) is 24.3. The Bertz CT molecular complexity index is 90.7. The van der Waals surface area contributed by atoms with Gasteiger partial charge in [0.15, 0.2) is 0 Å². The minimum absolute atomic E-state index is 0.694. The van der Waals surface area contributed by atoms with E-state index >= 15 is 0 Å². The van der Waals surface area contributed by atoms with Crippen molar-refractivity contribution in [3.63, 3.8) is 0 Å². The first kappa shape index (κ1) is 7.18. The Kier molecular flexibility index (Phi) is 1.88. The highest BCUT2D eigenvalue weighted by Crippen LogP contribution is 2.46. The topological polar surface area (TPSA) is 0 Å². The molecule has 0 aliphatic heterocycles. The molecular formula is C8H17B. The molecule has 9 heavy (non-hydrogen) atoms. The fourth-order valence-electron chi connectivity index (χ4n) is 1.76. The van der Waals surface area contributed by atoms with E-state index in [-0.39, 0.29) is 0 Å². The van der Waals surface area contributed by atoms with Gasteiger partial charge in [0.1, 0.15) is 6.71 Å². The lowest BCUT2D eigenvalue weighted by Gasteiger charge is -2.25. The molecule has 1 saturated carbocycles. The minimum Gasteiger partial charge on any atom is -0.0859 e. The van der Waals surface area contributed by atoms with E-state index in [4.69, 9.17) is 0 Å². The lowest BCUT2D eigenvalue weighted by Crippen LogP contribution is -2.20. The van der Waals surface area contributed by atoms with Crippen molar-refractivity contribution in [2.45, 2.75) is 51.6 Å². The first-order valence-electron chi connectivity index (χ1n) is 4.15. The molecule has 0 nitrogen and oxygen atoms in total. The third kappa shape index (κ3) is 1.31. The van der Waals surface area contributed by atoms with Crippen molar-refractivity contribution in [3.05, 3.63) is 0 Å². The van der Waals surface area contributed by atoms with Gasteiger partial charge in [-0.2, -0.15) is 0 Å². The van der Waals surface area contributed by atoms with Crippen LogP contribution in [0.15, 0.2) is 0 Å². The molecule has 1 heteroatoms. The van der Waals surface area contributed by atoms with Crippen LogP contribution in [0.25, 0.3) is 0 Å². The molecule has 0 atom stereocenters. The van der Waals surface area contributed by atoms with Crippen LogP contribution in [0.4, 0.5) is 0 Å². The highest BCUT2D eigenvalue weighted by molar-refractivity contribution is 6.59. The van der Waals surface area contributed by atoms with Gasteiger partial charge in [0.05, 0.1) is 0 Å². The Morgan fingerprint density at radius 2 is 1.56 bits per heavy atom. The Balaban J connectivity index is 2.51. The van der Waals surface area contributed by atoms with E-state index in [1.165, 1.54) is 25.7 Å². The van der Waals surface area contributed by atoms with Crippen LogP contribution in [-0.4, -0.2) is 6.71 Å². The van der Waals surface area contributed by atoms with E-state index in [0.29, 0.717) is 5.31 Å². The second-order valence-corrected chi connectivity index (χ2v) is 4.02. The van der Waals surface area contributed by atoms with E-state index in [1.54, 1.807) is 0 Å². The first-order valence-corrected chi connectivity index (χ1v) is 4.15. The molecule has 0 saturated heterocycles. The zero-order valence-electron chi connectivity index (χ0n) is 6.91. The Labute approximate surface area is 59.1 Å². The van der Waals surface area contributed by atoms with E-state index in [1.807, 2.05) is 0 Å². The van der Waals surface area contributed by atoms with Crippen LogP contribution in [0.3, 0.4) is 0 Å².